The quantitative estimate of drug-likeness (QED) is 0.496. The summed E-state index contributed by atoms with van der Waals surface area (Å²) in [6.07, 6.45) is 0. The first-order valence-electron chi connectivity index (χ1n) is 8.64. The number of ether oxygens (including phenoxy) is 2. The molecule has 142 valence electrons. The van der Waals surface area contributed by atoms with E-state index in [9.17, 15) is 9.59 Å². The molecule has 0 aliphatic carbocycles. The van der Waals surface area contributed by atoms with E-state index in [-0.39, 0.29) is 17.9 Å². The molecule has 0 saturated heterocycles. The minimum absolute atomic E-state index is 0.0549. The van der Waals surface area contributed by atoms with Gasteiger partial charge in [0.1, 0.15) is 6.61 Å². The lowest BCUT2D eigenvalue weighted by Gasteiger charge is -2.12. The van der Waals surface area contributed by atoms with Crippen LogP contribution in [0.1, 0.15) is 23.1 Å². The number of fused-ring (bicyclic) bond motifs is 3. The summed E-state index contributed by atoms with van der Waals surface area (Å²) in [4.78, 5) is 24.1. The van der Waals surface area contributed by atoms with Gasteiger partial charge in [-0.1, -0.05) is 12.1 Å². The number of nitrogens with zero attached hydrogens (tertiary/aromatic N) is 4. The minimum Gasteiger partial charge on any atom is -0.493 e. The fourth-order valence-corrected chi connectivity index (χ4v) is 3.13. The van der Waals surface area contributed by atoms with Gasteiger partial charge in [-0.25, -0.2) is 0 Å². The molecule has 0 unspecified atom stereocenters. The van der Waals surface area contributed by atoms with Gasteiger partial charge < -0.3 is 9.47 Å². The lowest BCUT2D eigenvalue weighted by atomic mass is 10.1. The van der Waals surface area contributed by atoms with Crippen molar-refractivity contribution >= 4 is 22.5 Å². The highest BCUT2D eigenvalue weighted by molar-refractivity contribution is 5.94. The van der Waals surface area contributed by atoms with Gasteiger partial charge in [0.05, 0.1) is 18.0 Å². The molecule has 0 N–H and O–H groups in total. The molecule has 8 heteroatoms. The Morgan fingerprint density at radius 3 is 2.64 bits per heavy atom. The third kappa shape index (κ3) is 2.79. The second-order valence-corrected chi connectivity index (χ2v) is 6.34. The van der Waals surface area contributed by atoms with Crippen LogP contribution in [0.25, 0.3) is 16.7 Å². The lowest BCUT2D eigenvalue weighted by Crippen LogP contribution is -2.20. The average Bonchev–Trinajstić information content (AvgIpc) is 3.14. The third-order valence-corrected chi connectivity index (χ3v) is 4.62. The molecule has 0 bridgehead atoms. The van der Waals surface area contributed by atoms with Crippen molar-refractivity contribution in [2.75, 3.05) is 7.11 Å². The molecule has 2 aromatic heterocycles. The van der Waals surface area contributed by atoms with Gasteiger partial charge in [-0.2, -0.15) is 0 Å². The summed E-state index contributed by atoms with van der Waals surface area (Å²) in [5, 5.41) is 8.91. The van der Waals surface area contributed by atoms with Crippen molar-refractivity contribution in [1.82, 2.24) is 19.2 Å². The van der Waals surface area contributed by atoms with Gasteiger partial charge >= 0.3 is 0 Å². The molecule has 0 aliphatic rings. The molecular weight excluding hydrogens is 360 g/mol. The van der Waals surface area contributed by atoms with E-state index in [1.54, 1.807) is 35.7 Å². The SMILES string of the molecule is COc1cc(C(C)=O)ccc1OCc1nnc2n(C)c(=O)c3ccccc3n12. The zero-order valence-corrected chi connectivity index (χ0v) is 15.7. The first kappa shape index (κ1) is 17.7. The van der Waals surface area contributed by atoms with E-state index in [0.29, 0.717) is 39.6 Å². The van der Waals surface area contributed by atoms with Crippen molar-refractivity contribution in [3.63, 3.8) is 0 Å². The summed E-state index contributed by atoms with van der Waals surface area (Å²) in [5.74, 6) is 1.86. The first-order valence-corrected chi connectivity index (χ1v) is 8.64. The molecule has 4 aromatic rings. The van der Waals surface area contributed by atoms with E-state index >= 15 is 0 Å². The van der Waals surface area contributed by atoms with Crippen LogP contribution in [-0.2, 0) is 13.7 Å². The number of hydrogen-bond donors (Lipinski definition) is 0. The van der Waals surface area contributed by atoms with Gasteiger partial charge in [0.25, 0.3) is 5.56 Å². The summed E-state index contributed by atoms with van der Waals surface area (Å²) < 4.78 is 14.5. The Bertz CT molecular complexity index is 1270. The van der Waals surface area contributed by atoms with Crippen molar-refractivity contribution < 1.29 is 14.3 Å². The fourth-order valence-electron chi connectivity index (χ4n) is 3.13. The second-order valence-electron chi connectivity index (χ2n) is 6.34. The molecule has 8 nitrogen and oxygen atoms in total. The highest BCUT2D eigenvalue weighted by atomic mass is 16.5. The van der Waals surface area contributed by atoms with E-state index in [0.717, 1.165) is 0 Å². The summed E-state index contributed by atoms with van der Waals surface area (Å²) in [7, 11) is 3.18. The number of carbonyl (C=O) groups excluding carboxylic acids is 1. The molecule has 0 radical (unpaired) electrons. The van der Waals surface area contributed by atoms with Crippen molar-refractivity contribution in [2.45, 2.75) is 13.5 Å². The number of ketones is 1. The van der Waals surface area contributed by atoms with Crippen LogP contribution >= 0.6 is 0 Å². The van der Waals surface area contributed by atoms with Crippen molar-refractivity contribution in [3.05, 3.63) is 64.2 Å². The number of Topliss-reactive ketones (excluding diaryl/α,β-unsaturated/α-hetero) is 1. The van der Waals surface area contributed by atoms with Crippen molar-refractivity contribution in [1.29, 1.82) is 0 Å². The molecule has 2 aromatic carbocycles. The Balaban J connectivity index is 1.76. The Hall–Kier alpha value is -3.68. The Kier molecular flexibility index (Phi) is 4.31. The van der Waals surface area contributed by atoms with Crippen LogP contribution in [0.5, 0.6) is 11.5 Å². The normalized spacial score (nSPS) is 11.1. The highest BCUT2D eigenvalue weighted by Crippen LogP contribution is 2.29. The summed E-state index contributed by atoms with van der Waals surface area (Å²) in [6.45, 7) is 1.60. The molecule has 0 aliphatic heterocycles. The van der Waals surface area contributed by atoms with Crippen LogP contribution in [0.15, 0.2) is 47.3 Å². The van der Waals surface area contributed by atoms with Crippen molar-refractivity contribution in [3.8, 4) is 11.5 Å². The third-order valence-electron chi connectivity index (χ3n) is 4.62. The van der Waals surface area contributed by atoms with Crippen LogP contribution in [0.4, 0.5) is 0 Å². The summed E-state index contributed by atoms with van der Waals surface area (Å²) >= 11 is 0. The molecule has 0 amide bonds. The molecule has 28 heavy (non-hydrogen) atoms. The van der Waals surface area contributed by atoms with Gasteiger partial charge in [-0.05, 0) is 37.3 Å². The van der Waals surface area contributed by atoms with Gasteiger partial charge in [-0.3, -0.25) is 18.6 Å². The van der Waals surface area contributed by atoms with E-state index < -0.39 is 0 Å². The van der Waals surface area contributed by atoms with Crippen LogP contribution < -0.4 is 15.0 Å². The maximum atomic E-state index is 12.5. The van der Waals surface area contributed by atoms with E-state index in [1.807, 2.05) is 18.2 Å². The predicted octanol–water partition coefficient (Wildman–Crippen LogP) is 2.37. The van der Waals surface area contributed by atoms with E-state index in [1.165, 1.54) is 18.6 Å². The summed E-state index contributed by atoms with van der Waals surface area (Å²) in [6, 6.07) is 12.3. The molecule has 0 fully saturated rings. The molecule has 0 saturated carbocycles. The Morgan fingerprint density at radius 1 is 1.11 bits per heavy atom. The van der Waals surface area contributed by atoms with Crippen LogP contribution in [0.2, 0.25) is 0 Å². The summed E-state index contributed by atoms with van der Waals surface area (Å²) in [5.41, 5.74) is 1.12. The topological polar surface area (TPSA) is 87.7 Å². The monoisotopic (exact) mass is 378 g/mol. The van der Waals surface area contributed by atoms with Crippen LogP contribution in [0, 0.1) is 0 Å². The molecule has 0 atom stereocenters. The number of aryl methyl sites for hydroxylation is 1. The number of rotatable bonds is 5. The number of methoxy groups -OCH3 is 1. The van der Waals surface area contributed by atoms with E-state index in [4.69, 9.17) is 9.47 Å². The number of para-hydroxylation sites is 1. The van der Waals surface area contributed by atoms with Crippen LogP contribution in [0.3, 0.4) is 0 Å². The van der Waals surface area contributed by atoms with Gasteiger partial charge in [0.15, 0.2) is 23.1 Å². The zero-order valence-electron chi connectivity index (χ0n) is 15.7. The Labute approximate surface area is 160 Å². The van der Waals surface area contributed by atoms with Gasteiger partial charge in [-0.15, -0.1) is 10.2 Å². The minimum atomic E-state index is -0.135. The maximum Gasteiger partial charge on any atom is 0.262 e. The van der Waals surface area contributed by atoms with Gasteiger partial charge in [0.2, 0.25) is 5.78 Å². The number of carbonyl (C=O) groups is 1. The molecule has 2 heterocycles. The predicted molar refractivity (Wildman–Crippen MR) is 103 cm³/mol. The molecule has 4 rings (SSSR count). The standard InChI is InChI=1S/C20H18N4O4/c1-12(25)13-8-9-16(17(10-13)27-3)28-11-18-21-22-20-23(2)19(26)14-6-4-5-7-15(14)24(18)20/h4-10H,11H2,1-3H3. The average molecular weight is 378 g/mol. The largest absolute Gasteiger partial charge is 0.493 e. The van der Waals surface area contributed by atoms with Gasteiger partial charge in [0, 0.05) is 12.6 Å². The lowest BCUT2D eigenvalue weighted by molar-refractivity contribution is 0.101. The zero-order chi connectivity index (χ0) is 19.8. The molecule has 0 spiro atoms. The first-order chi connectivity index (χ1) is 13.5. The molecular formula is C20H18N4O4. The van der Waals surface area contributed by atoms with Crippen LogP contribution in [-0.4, -0.2) is 32.1 Å². The second kappa shape index (κ2) is 6.80. The maximum absolute atomic E-state index is 12.5. The highest BCUT2D eigenvalue weighted by Gasteiger charge is 2.16. The fraction of sp³-hybridized carbons (Fsp3) is 0.200. The number of aromatic nitrogens is 4. The Morgan fingerprint density at radius 2 is 1.89 bits per heavy atom. The number of hydrogen-bond acceptors (Lipinski definition) is 6. The number of benzene rings is 2. The van der Waals surface area contributed by atoms with E-state index in [2.05, 4.69) is 10.2 Å². The smallest absolute Gasteiger partial charge is 0.262 e. The van der Waals surface area contributed by atoms with Crippen molar-refractivity contribution in [2.24, 2.45) is 7.05 Å².